The Labute approximate surface area is 139 Å². The maximum absolute atomic E-state index is 11.5. The number of sulfone groups is 1. The summed E-state index contributed by atoms with van der Waals surface area (Å²) in [6.07, 6.45) is 5.92. The quantitative estimate of drug-likeness (QED) is 0.781. The molecular weight excluding hydrogens is 308 g/mol. The molecule has 1 aromatic carbocycles. The number of aromatic nitrogens is 1. The van der Waals surface area contributed by atoms with Crippen LogP contribution in [0.1, 0.15) is 31.4 Å². The maximum atomic E-state index is 11.5. The standard InChI is InChI=1S/C18H24N2O2S/c1-4-15(2)20(14-17-9-11-19-12-10-17)13-16-5-7-18(8-6-16)23(3,21)22/h5-12,15H,4,13-14H2,1-3H3/t15-/m0/s1. The van der Waals surface area contributed by atoms with E-state index in [1.807, 2.05) is 36.7 Å². The molecule has 0 aliphatic rings. The third kappa shape index (κ3) is 5.15. The summed E-state index contributed by atoms with van der Waals surface area (Å²) in [5.41, 5.74) is 2.35. The van der Waals surface area contributed by atoms with Crippen LogP contribution >= 0.6 is 0 Å². The van der Waals surface area contributed by atoms with Crippen molar-refractivity contribution in [3.05, 3.63) is 59.9 Å². The second-order valence-electron chi connectivity index (χ2n) is 5.93. The molecule has 0 bridgehead atoms. The Kier molecular flexibility index (Phi) is 5.91. The highest BCUT2D eigenvalue weighted by Crippen LogP contribution is 2.17. The number of nitrogens with zero attached hydrogens (tertiary/aromatic N) is 2. The van der Waals surface area contributed by atoms with Crippen LogP contribution in [0.3, 0.4) is 0 Å². The SMILES string of the molecule is CC[C@H](C)N(Cc1ccncc1)Cc1ccc(S(C)(=O)=O)cc1. The molecule has 0 saturated heterocycles. The summed E-state index contributed by atoms with van der Waals surface area (Å²) in [7, 11) is -3.14. The lowest BCUT2D eigenvalue weighted by molar-refractivity contribution is 0.186. The van der Waals surface area contributed by atoms with Gasteiger partial charge < -0.3 is 0 Å². The van der Waals surface area contributed by atoms with Crippen LogP contribution in [-0.2, 0) is 22.9 Å². The number of hydrogen-bond acceptors (Lipinski definition) is 4. The molecule has 0 amide bonds. The Morgan fingerprint density at radius 2 is 1.52 bits per heavy atom. The smallest absolute Gasteiger partial charge is 0.175 e. The van der Waals surface area contributed by atoms with E-state index in [1.165, 1.54) is 11.8 Å². The fourth-order valence-electron chi connectivity index (χ4n) is 2.43. The van der Waals surface area contributed by atoms with Gasteiger partial charge in [-0.25, -0.2) is 8.42 Å². The van der Waals surface area contributed by atoms with Crippen LogP contribution in [-0.4, -0.2) is 30.6 Å². The fraction of sp³-hybridized carbons (Fsp3) is 0.389. The first-order valence-electron chi connectivity index (χ1n) is 7.82. The Hall–Kier alpha value is -1.72. The molecule has 1 aromatic heterocycles. The Morgan fingerprint density at radius 1 is 1.00 bits per heavy atom. The van der Waals surface area contributed by atoms with Gasteiger partial charge in [0.15, 0.2) is 9.84 Å². The van der Waals surface area contributed by atoms with Crippen LogP contribution < -0.4 is 0 Å². The van der Waals surface area contributed by atoms with E-state index in [-0.39, 0.29) is 0 Å². The maximum Gasteiger partial charge on any atom is 0.175 e. The molecular formula is C18H24N2O2S. The molecule has 0 unspecified atom stereocenters. The molecule has 0 aliphatic heterocycles. The van der Waals surface area contributed by atoms with Crippen molar-refractivity contribution >= 4 is 9.84 Å². The molecule has 124 valence electrons. The highest BCUT2D eigenvalue weighted by molar-refractivity contribution is 7.90. The van der Waals surface area contributed by atoms with Crippen molar-refractivity contribution in [3.8, 4) is 0 Å². The van der Waals surface area contributed by atoms with E-state index >= 15 is 0 Å². The van der Waals surface area contributed by atoms with E-state index in [0.29, 0.717) is 10.9 Å². The summed E-state index contributed by atoms with van der Waals surface area (Å²) >= 11 is 0. The summed E-state index contributed by atoms with van der Waals surface area (Å²) in [6.45, 7) is 6.04. The number of benzene rings is 1. The summed E-state index contributed by atoms with van der Waals surface area (Å²) in [5.74, 6) is 0. The lowest BCUT2D eigenvalue weighted by Gasteiger charge is -2.28. The van der Waals surface area contributed by atoms with Crippen molar-refractivity contribution in [1.82, 2.24) is 9.88 Å². The topological polar surface area (TPSA) is 50.3 Å². The molecule has 0 spiro atoms. The van der Waals surface area contributed by atoms with Gasteiger partial charge >= 0.3 is 0 Å². The predicted molar refractivity (Wildman–Crippen MR) is 92.8 cm³/mol. The zero-order valence-corrected chi connectivity index (χ0v) is 14.8. The van der Waals surface area contributed by atoms with E-state index in [1.54, 1.807) is 12.1 Å². The lowest BCUT2D eigenvalue weighted by atomic mass is 10.1. The summed E-state index contributed by atoms with van der Waals surface area (Å²) in [6, 6.07) is 11.7. The number of pyridine rings is 1. The van der Waals surface area contributed by atoms with Gasteiger partial charge in [0.2, 0.25) is 0 Å². The molecule has 0 N–H and O–H groups in total. The van der Waals surface area contributed by atoms with Crippen LogP contribution in [0.15, 0.2) is 53.7 Å². The molecule has 0 fully saturated rings. The average molecular weight is 332 g/mol. The van der Waals surface area contributed by atoms with Crippen LogP contribution in [0, 0.1) is 0 Å². The van der Waals surface area contributed by atoms with Crippen LogP contribution in [0.25, 0.3) is 0 Å². The molecule has 1 atom stereocenters. The summed E-state index contributed by atoms with van der Waals surface area (Å²) in [5, 5.41) is 0. The van der Waals surface area contributed by atoms with E-state index in [4.69, 9.17) is 0 Å². The van der Waals surface area contributed by atoms with E-state index in [9.17, 15) is 8.42 Å². The van der Waals surface area contributed by atoms with Gasteiger partial charge in [-0.1, -0.05) is 19.1 Å². The van der Waals surface area contributed by atoms with Gasteiger partial charge in [0.1, 0.15) is 0 Å². The zero-order chi connectivity index (χ0) is 16.9. The molecule has 0 radical (unpaired) electrons. The first-order valence-corrected chi connectivity index (χ1v) is 9.71. The van der Waals surface area contributed by atoms with Crippen LogP contribution in [0.5, 0.6) is 0 Å². The Bertz CT molecular complexity index is 712. The van der Waals surface area contributed by atoms with Crippen molar-refractivity contribution in [2.24, 2.45) is 0 Å². The molecule has 23 heavy (non-hydrogen) atoms. The summed E-state index contributed by atoms with van der Waals surface area (Å²) in [4.78, 5) is 6.82. The second kappa shape index (κ2) is 7.70. The molecule has 1 heterocycles. The highest BCUT2D eigenvalue weighted by atomic mass is 32.2. The third-order valence-corrected chi connectivity index (χ3v) is 5.21. The molecule has 2 rings (SSSR count). The molecule has 0 aliphatic carbocycles. The zero-order valence-electron chi connectivity index (χ0n) is 13.9. The summed E-state index contributed by atoms with van der Waals surface area (Å²) < 4.78 is 23.1. The van der Waals surface area contributed by atoms with Gasteiger partial charge in [-0.05, 0) is 48.7 Å². The number of hydrogen-bond donors (Lipinski definition) is 0. The van der Waals surface area contributed by atoms with Crippen molar-refractivity contribution in [2.75, 3.05) is 6.26 Å². The molecule has 0 saturated carbocycles. The van der Waals surface area contributed by atoms with E-state index in [2.05, 4.69) is 23.7 Å². The van der Waals surface area contributed by atoms with Crippen molar-refractivity contribution in [3.63, 3.8) is 0 Å². The van der Waals surface area contributed by atoms with Gasteiger partial charge in [-0.15, -0.1) is 0 Å². The Balaban J connectivity index is 2.14. The van der Waals surface area contributed by atoms with Crippen molar-refractivity contribution in [2.45, 2.75) is 44.3 Å². The monoisotopic (exact) mass is 332 g/mol. The van der Waals surface area contributed by atoms with Gasteiger partial charge in [-0.2, -0.15) is 0 Å². The normalized spacial score (nSPS) is 13.2. The largest absolute Gasteiger partial charge is 0.292 e. The lowest BCUT2D eigenvalue weighted by Crippen LogP contribution is -2.31. The molecule has 4 nitrogen and oxygen atoms in total. The van der Waals surface area contributed by atoms with Crippen LogP contribution in [0.4, 0.5) is 0 Å². The minimum absolute atomic E-state index is 0.366. The molecule has 2 aromatic rings. The van der Waals surface area contributed by atoms with E-state index < -0.39 is 9.84 Å². The van der Waals surface area contributed by atoms with Gasteiger partial charge in [0.05, 0.1) is 4.90 Å². The fourth-order valence-corrected chi connectivity index (χ4v) is 3.06. The third-order valence-electron chi connectivity index (χ3n) is 4.09. The second-order valence-corrected chi connectivity index (χ2v) is 7.95. The minimum atomic E-state index is -3.14. The highest BCUT2D eigenvalue weighted by Gasteiger charge is 2.14. The first-order chi connectivity index (χ1) is 10.9. The first kappa shape index (κ1) is 17.6. The number of rotatable bonds is 7. The van der Waals surface area contributed by atoms with Crippen LogP contribution in [0.2, 0.25) is 0 Å². The molecule has 5 heteroatoms. The predicted octanol–water partition coefficient (Wildman–Crippen LogP) is 3.29. The minimum Gasteiger partial charge on any atom is -0.292 e. The van der Waals surface area contributed by atoms with Gasteiger partial charge in [-0.3, -0.25) is 9.88 Å². The average Bonchev–Trinajstić information content (AvgIpc) is 2.54. The van der Waals surface area contributed by atoms with Crippen molar-refractivity contribution < 1.29 is 8.42 Å². The van der Waals surface area contributed by atoms with E-state index in [0.717, 1.165) is 25.1 Å². The Morgan fingerprint density at radius 3 is 2.00 bits per heavy atom. The van der Waals surface area contributed by atoms with Crippen molar-refractivity contribution in [1.29, 1.82) is 0 Å². The van der Waals surface area contributed by atoms with Gasteiger partial charge in [0.25, 0.3) is 0 Å². The van der Waals surface area contributed by atoms with Gasteiger partial charge in [0, 0.05) is 37.8 Å².